The minimum Gasteiger partial charge on any atom is -0.483 e. The van der Waals surface area contributed by atoms with E-state index in [1.165, 1.54) is 6.07 Å². The van der Waals surface area contributed by atoms with E-state index in [-0.39, 0.29) is 24.2 Å². The van der Waals surface area contributed by atoms with E-state index in [9.17, 15) is 9.18 Å². The Morgan fingerprint density at radius 2 is 2.07 bits per heavy atom. The lowest BCUT2D eigenvalue weighted by molar-refractivity contribution is -0.130. The number of benzene rings is 1. The number of carbonyl (C=O) groups excluding carboxylic acids is 1. The molecule has 0 spiro atoms. The lowest BCUT2D eigenvalue weighted by Crippen LogP contribution is -2.34. The van der Waals surface area contributed by atoms with Crippen molar-refractivity contribution in [3.8, 4) is 0 Å². The molecule has 156 valence electrons. The van der Waals surface area contributed by atoms with E-state index in [4.69, 9.17) is 9.90 Å². The standard InChI is InChI=1S/C20H25FN4O.CH2O2/c1-3-24-8-7-18(22-24)12-23-10-16-11-25(14(2)26)20(19(16)13-23)15-5-4-6-17(21)9-15;2-1-3/h4-9,16,19-20H,3,10-13H2,1-2H3;1H,(H,2,3)/t16-,19-,20+;/m1./s1. The van der Waals surface area contributed by atoms with Crippen molar-refractivity contribution < 1.29 is 19.1 Å². The van der Waals surface area contributed by atoms with Crippen molar-refractivity contribution in [1.29, 1.82) is 0 Å². The molecule has 0 radical (unpaired) electrons. The Balaban J connectivity index is 0.000000755. The van der Waals surface area contributed by atoms with Crippen molar-refractivity contribution >= 4 is 12.4 Å². The second-order valence-corrected chi connectivity index (χ2v) is 7.56. The first-order chi connectivity index (χ1) is 14.0. The first-order valence-corrected chi connectivity index (χ1v) is 9.82. The highest BCUT2D eigenvalue weighted by molar-refractivity contribution is 5.74. The molecule has 1 aromatic heterocycles. The van der Waals surface area contributed by atoms with Crippen LogP contribution in [0.2, 0.25) is 0 Å². The summed E-state index contributed by atoms with van der Waals surface area (Å²) in [6.07, 6.45) is 2.01. The van der Waals surface area contributed by atoms with E-state index >= 15 is 0 Å². The molecule has 1 N–H and O–H groups in total. The molecule has 0 aliphatic carbocycles. The molecule has 29 heavy (non-hydrogen) atoms. The molecule has 8 heteroatoms. The SMILES string of the molecule is CCn1ccc(CN2C[C@@H]3CN(C(C)=O)[C@@H](c4cccc(F)c4)[C@@H]3C2)n1.O=CO. The molecular weight excluding hydrogens is 375 g/mol. The largest absolute Gasteiger partial charge is 0.483 e. The van der Waals surface area contributed by atoms with Gasteiger partial charge in [-0.05, 0) is 36.6 Å². The van der Waals surface area contributed by atoms with Crippen LogP contribution in [0.15, 0.2) is 36.5 Å². The number of aromatic nitrogens is 2. The first-order valence-electron chi connectivity index (χ1n) is 9.82. The van der Waals surface area contributed by atoms with Gasteiger partial charge in [0.25, 0.3) is 6.47 Å². The normalized spacial score (nSPS) is 23.4. The van der Waals surface area contributed by atoms with E-state index in [1.807, 2.05) is 21.8 Å². The van der Waals surface area contributed by atoms with Crippen LogP contribution >= 0.6 is 0 Å². The summed E-state index contributed by atoms with van der Waals surface area (Å²) < 4.78 is 15.7. The summed E-state index contributed by atoms with van der Waals surface area (Å²) in [5.74, 6) is 0.602. The van der Waals surface area contributed by atoms with Gasteiger partial charge in [0, 0.05) is 51.8 Å². The van der Waals surface area contributed by atoms with Crippen molar-refractivity contribution in [1.82, 2.24) is 19.6 Å². The van der Waals surface area contributed by atoms with Crippen LogP contribution in [0.25, 0.3) is 0 Å². The number of hydrogen-bond acceptors (Lipinski definition) is 4. The third kappa shape index (κ3) is 4.64. The maximum Gasteiger partial charge on any atom is 0.290 e. The van der Waals surface area contributed by atoms with Gasteiger partial charge < -0.3 is 10.0 Å². The molecule has 2 fully saturated rings. The van der Waals surface area contributed by atoms with Gasteiger partial charge in [0.1, 0.15) is 5.82 Å². The molecule has 0 saturated carbocycles. The molecule has 7 nitrogen and oxygen atoms in total. The fourth-order valence-electron chi connectivity index (χ4n) is 4.60. The van der Waals surface area contributed by atoms with E-state index in [0.717, 1.165) is 44.0 Å². The van der Waals surface area contributed by atoms with Crippen LogP contribution in [0.1, 0.15) is 31.1 Å². The summed E-state index contributed by atoms with van der Waals surface area (Å²) in [4.78, 5) is 24.9. The summed E-state index contributed by atoms with van der Waals surface area (Å²) in [7, 11) is 0. The molecule has 2 saturated heterocycles. The minimum absolute atomic E-state index is 0.0357. The van der Waals surface area contributed by atoms with Crippen molar-refractivity contribution in [2.45, 2.75) is 33.0 Å². The van der Waals surface area contributed by atoms with Gasteiger partial charge >= 0.3 is 0 Å². The second kappa shape index (κ2) is 9.17. The molecule has 0 unspecified atom stereocenters. The molecule has 2 aromatic rings. The predicted octanol–water partition coefficient (Wildman–Crippen LogP) is 2.39. The molecule has 0 bridgehead atoms. The van der Waals surface area contributed by atoms with Crippen LogP contribution in [0, 0.1) is 17.7 Å². The highest BCUT2D eigenvalue weighted by atomic mass is 19.1. The van der Waals surface area contributed by atoms with Crippen molar-refractivity contribution in [2.75, 3.05) is 19.6 Å². The average Bonchev–Trinajstić information content (AvgIpc) is 3.36. The molecular formula is C21H27FN4O3. The Labute approximate surface area is 169 Å². The summed E-state index contributed by atoms with van der Waals surface area (Å²) in [6.45, 7) is 7.77. The Kier molecular flexibility index (Phi) is 6.64. The topological polar surface area (TPSA) is 78.7 Å². The van der Waals surface area contributed by atoms with Gasteiger partial charge in [0.05, 0.1) is 11.7 Å². The van der Waals surface area contributed by atoms with Crippen LogP contribution in [-0.2, 0) is 22.7 Å². The number of amides is 1. The number of hydrogen-bond donors (Lipinski definition) is 1. The second-order valence-electron chi connectivity index (χ2n) is 7.56. The Morgan fingerprint density at radius 3 is 2.69 bits per heavy atom. The average molecular weight is 402 g/mol. The number of nitrogens with zero attached hydrogens (tertiary/aromatic N) is 4. The van der Waals surface area contributed by atoms with E-state index < -0.39 is 0 Å². The number of carbonyl (C=O) groups is 2. The smallest absolute Gasteiger partial charge is 0.290 e. The molecule has 1 aromatic carbocycles. The maximum atomic E-state index is 13.8. The summed E-state index contributed by atoms with van der Waals surface area (Å²) in [6, 6.07) is 8.75. The summed E-state index contributed by atoms with van der Waals surface area (Å²) in [5.41, 5.74) is 1.99. The lowest BCUT2D eigenvalue weighted by atomic mass is 9.89. The van der Waals surface area contributed by atoms with E-state index in [2.05, 4.69) is 23.0 Å². The van der Waals surface area contributed by atoms with Crippen LogP contribution in [0.5, 0.6) is 0 Å². The van der Waals surface area contributed by atoms with Crippen LogP contribution in [0.3, 0.4) is 0 Å². The van der Waals surface area contributed by atoms with Gasteiger partial charge in [-0.15, -0.1) is 0 Å². The lowest BCUT2D eigenvalue weighted by Gasteiger charge is -2.29. The van der Waals surface area contributed by atoms with E-state index in [0.29, 0.717) is 11.8 Å². The van der Waals surface area contributed by atoms with Gasteiger partial charge in [0.15, 0.2) is 0 Å². The third-order valence-corrected chi connectivity index (χ3v) is 5.74. The van der Waals surface area contributed by atoms with Crippen LogP contribution < -0.4 is 0 Å². The van der Waals surface area contributed by atoms with Gasteiger partial charge in [-0.25, -0.2) is 4.39 Å². The first kappa shape index (κ1) is 21.0. The van der Waals surface area contributed by atoms with E-state index in [1.54, 1.807) is 19.1 Å². The summed E-state index contributed by atoms with van der Waals surface area (Å²) >= 11 is 0. The van der Waals surface area contributed by atoms with Crippen molar-refractivity contribution in [3.63, 3.8) is 0 Å². The molecule has 2 aliphatic rings. The quantitative estimate of drug-likeness (QED) is 0.795. The zero-order chi connectivity index (χ0) is 21.0. The number of fused-ring (bicyclic) bond motifs is 1. The highest BCUT2D eigenvalue weighted by Crippen LogP contribution is 2.45. The number of likely N-dealkylation sites (tertiary alicyclic amines) is 2. The third-order valence-electron chi connectivity index (χ3n) is 5.74. The minimum atomic E-state index is -0.250. The fourth-order valence-corrected chi connectivity index (χ4v) is 4.60. The van der Waals surface area contributed by atoms with Gasteiger partial charge in [-0.3, -0.25) is 19.2 Å². The van der Waals surface area contributed by atoms with Gasteiger partial charge in [-0.2, -0.15) is 5.10 Å². The Hall–Kier alpha value is -2.74. The molecule has 3 heterocycles. The van der Waals surface area contributed by atoms with Crippen molar-refractivity contribution in [2.24, 2.45) is 11.8 Å². The zero-order valence-electron chi connectivity index (χ0n) is 16.7. The van der Waals surface area contributed by atoms with Gasteiger partial charge in [-0.1, -0.05) is 12.1 Å². The zero-order valence-corrected chi connectivity index (χ0v) is 16.7. The maximum absolute atomic E-state index is 13.8. The summed E-state index contributed by atoms with van der Waals surface area (Å²) in [5, 5.41) is 11.5. The number of rotatable bonds is 4. The molecule has 2 aliphatic heterocycles. The number of halogens is 1. The Morgan fingerprint density at radius 1 is 1.31 bits per heavy atom. The molecule has 3 atom stereocenters. The van der Waals surface area contributed by atoms with Crippen LogP contribution in [-0.4, -0.2) is 56.7 Å². The van der Waals surface area contributed by atoms with Gasteiger partial charge in [0.2, 0.25) is 5.91 Å². The van der Waals surface area contributed by atoms with Crippen molar-refractivity contribution in [3.05, 3.63) is 53.6 Å². The molecule has 4 rings (SSSR count). The number of carboxylic acid groups (broad SMARTS) is 1. The monoisotopic (exact) mass is 402 g/mol. The Bertz CT molecular complexity index is 856. The highest BCUT2D eigenvalue weighted by Gasteiger charge is 2.48. The number of aryl methyl sites for hydroxylation is 1. The molecule has 1 amide bonds. The van der Waals surface area contributed by atoms with Crippen LogP contribution in [0.4, 0.5) is 4.39 Å². The predicted molar refractivity (Wildman–Crippen MR) is 105 cm³/mol. The fraction of sp³-hybridized carbons (Fsp3) is 0.476.